The zero-order valence-electron chi connectivity index (χ0n) is 15.9. The van der Waals surface area contributed by atoms with Gasteiger partial charge in [-0.25, -0.2) is 4.79 Å². The molecular formula is C20H20N2O7. The summed E-state index contributed by atoms with van der Waals surface area (Å²) >= 11 is 0. The summed E-state index contributed by atoms with van der Waals surface area (Å²) in [5.74, 6) is -1.45. The Morgan fingerprint density at radius 3 is 2.17 bits per heavy atom. The third-order valence-electron chi connectivity index (χ3n) is 5.59. The molecule has 1 saturated carbocycles. The van der Waals surface area contributed by atoms with Crippen molar-refractivity contribution in [2.75, 3.05) is 20.8 Å². The van der Waals surface area contributed by atoms with Crippen molar-refractivity contribution in [3.8, 4) is 17.2 Å². The van der Waals surface area contributed by atoms with Gasteiger partial charge in [0.1, 0.15) is 0 Å². The lowest BCUT2D eigenvalue weighted by atomic mass is 9.85. The maximum absolute atomic E-state index is 12.7. The number of carboxylic acids is 1. The molecule has 4 rings (SSSR count). The number of carbonyl (C=O) groups excluding carboxylic acids is 2. The van der Waals surface area contributed by atoms with Gasteiger partial charge in [-0.2, -0.15) is 10.1 Å². The number of amides is 2. The largest absolute Gasteiger partial charge is 0.493 e. The number of hydrogen-bond acceptors (Lipinski definition) is 7. The number of ether oxygens (including phenoxy) is 3. The van der Waals surface area contributed by atoms with Gasteiger partial charge in [0.25, 0.3) is 11.8 Å². The highest BCUT2D eigenvalue weighted by molar-refractivity contribution is 6.06. The lowest BCUT2D eigenvalue weighted by Crippen LogP contribution is -2.28. The second-order valence-electron chi connectivity index (χ2n) is 7.17. The number of carboxylic acid groups (broad SMARTS) is 1. The first kappa shape index (κ1) is 19.0. The molecule has 1 heterocycles. The summed E-state index contributed by atoms with van der Waals surface area (Å²) in [4.78, 5) is 36.2. The molecule has 1 aliphatic heterocycles. The summed E-state index contributed by atoms with van der Waals surface area (Å²) in [5, 5.41) is 13.9. The molecule has 0 aromatic heterocycles. The Labute approximate surface area is 166 Å². The fraction of sp³-hybridized carbons (Fsp3) is 0.400. The Morgan fingerprint density at radius 2 is 1.69 bits per heavy atom. The predicted octanol–water partition coefficient (Wildman–Crippen LogP) is 1.31. The molecule has 4 atom stereocenters. The monoisotopic (exact) mass is 400 g/mol. The van der Waals surface area contributed by atoms with Crippen LogP contribution in [0.15, 0.2) is 29.4 Å². The molecule has 1 saturated heterocycles. The molecule has 2 fully saturated rings. The number of hydrazone groups is 1. The molecule has 0 radical (unpaired) electrons. The smallest absolute Gasteiger partial charge is 0.341 e. The van der Waals surface area contributed by atoms with Crippen LogP contribution in [0.3, 0.4) is 0 Å². The SMILES string of the molecule is COc1cc(C=NN2C(=O)C3C4C=CC(C4)C3C2=O)cc(OC)c1OCC(=O)O. The average Bonchev–Trinajstić information content (AvgIpc) is 3.38. The first-order chi connectivity index (χ1) is 13.9. The molecule has 1 aromatic rings. The van der Waals surface area contributed by atoms with Gasteiger partial charge in [0.2, 0.25) is 5.75 Å². The molecule has 3 aliphatic rings. The summed E-state index contributed by atoms with van der Waals surface area (Å²) in [6.07, 6.45) is 6.28. The Bertz CT molecular complexity index is 884. The van der Waals surface area contributed by atoms with Crippen molar-refractivity contribution in [1.82, 2.24) is 5.01 Å². The molecule has 2 bridgehead atoms. The van der Waals surface area contributed by atoms with E-state index in [0.717, 1.165) is 11.4 Å². The summed E-state index contributed by atoms with van der Waals surface area (Å²) < 4.78 is 15.8. The maximum atomic E-state index is 12.7. The molecule has 0 spiro atoms. The van der Waals surface area contributed by atoms with Crippen molar-refractivity contribution < 1.29 is 33.7 Å². The van der Waals surface area contributed by atoms with Crippen molar-refractivity contribution in [2.45, 2.75) is 6.42 Å². The Kier molecular flexibility index (Phi) is 4.73. The average molecular weight is 400 g/mol. The van der Waals surface area contributed by atoms with E-state index >= 15 is 0 Å². The normalized spacial score (nSPS) is 27.0. The van der Waals surface area contributed by atoms with Gasteiger partial charge in [-0.1, -0.05) is 12.2 Å². The number of fused-ring (bicyclic) bond motifs is 5. The Hall–Kier alpha value is -3.36. The van der Waals surface area contributed by atoms with Crippen molar-refractivity contribution in [3.63, 3.8) is 0 Å². The van der Waals surface area contributed by atoms with E-state index in [2.05, 4.69) is 5.10 Å². The topological polar surface area (TPSA) is 115 Å². The Balaban J connectivity index is 1.58. The molecule has 9 nitrogen and oxygen atoms in total. The van der Waals surface area contributed by atoms with Crippen molar-refractivity contribution in [1.29, 1.82) is 0 Å². The van der Waals surface area contributed by atoms with E-state index in [1.165, 1.54) is 20.4 Å². The molecular weight excluding hydrogens is 380 g/mol. The number of hydrogen-bond donors (Lipinski definition) is 1. The third-order valence-corrected chi connectivity index (χ3v) is 5.59. The van der Waals surface area contributed by atoms with Crippen LogP contribution in [-0.4, -0.2) is 54.9 Å². The molecule has 2 aliphatic carbocycles. The summed E-state index contributed by atoms with van der Waals surface area (Å²) in [6, 6.07) is 3.11. The molecule has 152 valence electrons. The molecule has 2 amide bonds. The number of rotatable bonds is 7. The summed E-state index contributed by atoms with van der Waals surface area (Å²) in [5.41, 5.74) is 0.500. The van der Waals surface area contributed by atoms with Gasteiger partial charge in [0.05, 0.1) is 32.3 Å². The quantitative estimate of drug-likeness (QED) is 0.417. The first-order valence-corrected chi connectivity index (χ1v) is 9.15. The minimum absolute atomic E-state index is 0.118. The number of imide groups is 1. The van der Waals surface area contributed by atoms with E-state index < -0.39 is 12.6 Å². The number of methoxy groups -OCH3 is 2. The maximum Gasteiger partial charge on any atom is 0.341 e. The van der Waals surface area contributed by atoms with E-state index in [9.17, 15) is 14.4 Å². The highest BCUT2D eigenvalue weighted by atomic mass is 16.5. The first-order valence-electron chi connectivity index (χ1n) is 9.15. The van der Waals surface area contributed by atoms with Crippen LogP contribution in [0.2, 0.25) is 0 Å². The minimum Gasteiger partial charge on any atom is -0.493 e. The zero-order valence-corrected chi connectivity index (χ0v) is 15.9. The van der Waals surface area contributed by atoms with Gasteiger partial charge < -0.3 is 19.3 Å². The van der Waals surface area contributed by atoms with Gasteiger partial charge in [-0.3, -0.25) is 9.59 Å². The van der Waals surface area contributed by atoms with Gasteiger partial charge >= 0.3 is 5.97 Å². The van der Waals surface area contributed by atoms with Crippen LogP contribution in [0.1, 0.15) is 12.0 Å². The fourth-order valence-corrected chi connectivity index (χ4v) is 4.38. The van der Waals surface area contributed by atoms with Gasteiger partial charge in [-0.15, -0.1) is 0 Å². The van der Waals surface area contributed by atoms with Crippen LogP contribution >= 0.6 is 0 Å². The van der Waals surface area contributed by atoms with Gasteiger partial charge in [0, 0.05) is 5.56 Å². The number of allylic oxidation sites excluding steroid dienone is 2. The highest BCUT2D eigenvalue weighted by Crippen LogP contribution is 2.52. The van der Waals surface area contributed by atoms with Crippen LogP contribution in [0.25, 0.3) is 0 Å². The highest BCUT2D eigenvalue weighted by Gasteiger charge is 2.59. The molecule has 1 aromatic carbocycles. The van der Waals surface area contributed by atoms with Crippen LogP contribution in [-0.2, 0) is 14.4 Å². The fourth-order valence-electron chi connectivity index (χ4n) is 4.38. The molecule has 1 N–H and O–H groups in total. The van der Waals surface area contributed by atoms with E-state index in [1.54, 1.807) is 12.1 Å². The number of nitrogens with zero attached hydrogens (tertiary/aromatic N) is 2. The second-order valence-corrected chi connectivity index (χ2v) is 7.17. The van der Waals surface area contributed by atoms with Gasteiger partial charge in [0.15, 0.2) is 18.1 Å². The van der Waals surface area contributed by atoms with Crippen LogP contribution in [0.4, 0.5) is 0 Å². The summed E-state index contributed by atoms with van der Waals surface area (Å²) in [6.45, 7) is -0.559. The Morgan fingerprint density at radius 1 is 1.14 bits per heavy atom. The second kappa shape index (κ2) is 7.23. The lowest BCUT2D eigenvalue weighted by molar-refractivity contribution is -0.141. The molecule has 9 heteroatoms. The van der Waals surface area contributed by atoms with E-state index in [0.29, 0.717) is 5.56 Å². The van der Waals surface area contributed by atoms with Crippen molar-refractivity contribution >= 4 is 24.0 Å². The van der Waals surface area contributed by atoms with Crippen molar-refractivity contribution in [2.24, 2.45) is 28.8 Å². The zero-order chi connectivity index (χ0) is 20.7. The van der Waals surface area contributed by atoms with Crippen LogP contribution in [0.5, 0.6) is 17.2 Å². The summed E-state index contributed by atoms with van der Waals surface area (Å²) in [7, 11) is 2.81. The molecule has 4 unspecified atom stereocenters. The number of carbonyl (C=O) groups is 3. The predicted molar refractivity (Wildman–Crippen MR) is 99.8 cm³/mol. The van der Waals surface area contributed by atoms with E-state index in [-0.39, 0.29) is 52.7 Å². The van der Waals surface area contributed by atoms with E-state index in [1.807, 2.05) is 12.2 Å². The number of benzene rings is 1. The van der Waals surface area contributed by atoms with Crippen molar-refractivity contribution in [3.05, 3.63) is 29.8 Å². The minimum atomic E-state index is -1.14. The van der Waals surface area contributed by atoms with Crippen LogP contribution < -0.4 is 14.2 Å². The third kappa shape index (κ3) is 3.12. The lowest BCUT2D eigenvalue weighted by Gasteiger charge is -2.14. The molecule has 29 heavy (non-hydrogen) atoms. The van der Waals surface area contributed by atoms with E-state index in [4.69, 9.17) is 19.3 Å². The van der Waals surface area contributed by atoms with Crippen LogP contribution in [0, 0.1) is 23.7 Å². The number of aliphatic carboxylic acids is 1. The standard InChI is InChI=1S/C20H20N2O7/c1-27-13-5-10(6-14(28-2)18(13)29-9-15(23)24)8-21-22-19(25)16-11-3-4-12(7-11)17(16)20(22)26/h3-6,8,11-12,16-17H,7,9H2,1-2H3,(H,23,24). The van der Waals surface area contributed by atoms with Gasteiger partial charge in [-0.05, 0) is 30.4 Å².